The van der Waals surface area contributed by atoms with Crippen LogP contribution in [-0.4, -0.2) is 85.6 Å². The summed E-state index contributed by atoms with van der Waals surface area (Å²) in [4.78, 5) is 43.9. The average molecular weight is 567 g/mol. The molecule has 0 spiro atoms. The number of methoxy groups -OCH3 is 1. The van der Waals surface area contributed by atoms with E-state index in [1.165, 1.54) is 20.0 Å². The second-order valence-corrected chi connectivity index (χ2v) is 12.6. The largest absolute Gasteiger partial charge is 0.508 e. The summed E-state index contributed by atoms with van der Waals surface area (Å²) in [7, 11) is 8.76. The number of Topliss-reactive ketones (excluding diaryl/α,β-unsaturated/α-hetero) is 2. The highest BCUT2D eigenvalue weighted by atomic mass is 16.5. The number of carbonyl (C=O) groups is 3. The lowest BCUT2D eigenvalue weighted by molar-refractivity contribution is -0.136. The zero-order valence-electron chi connectivity index (χ0n) is 25.0. The molecule has 0 aliphatic heterocycles. The molecule has 1 aromatic rings. The first-order chi connectivity index (χ1) is 19.3. The van der Waals surface area contributed by atoms with Crippen molar-refractivity contribution in [3.05, 3.63) is 45.2 Å². The predicted molar refractivity (Wildman–Crippen MR) is 155 cm³/mol. The summed E-state index contributed by atoms with van der Waals surface area (Å²) in [5.41, 5.74) is 7.21. The number of nitrogens with one attached hydrogen (secondary N) is 1. The van der Waals surface area contributed by atoms with Gasteiger partial charge < -0.3 is 30.9 Å². The lowest BCUT2D eigenvalue weighted by Gasteiger charge is -2.53. The topological polar surface area (TPSA) is 145 Å². The van der Waals surface area contributed by atoms with E-state index in [1.807, 2.05) is 19.0 Å². The number of nitrogens with zero attached hydrogens (tertiary/aromatic N) is 2. The van der Waals surface area contributed by atoms with E-state index in [-0.39, 0.29) is 23.0 Å². The van der Waals surface area contributed by atoms with Gasteiger partial charge in [0.2, 0.25) is 0 Å². The van der Waals surface area contributed by atoms with Crippen LogP contribution in [0.3, 0.4) is 0 Å². The van der Waals surface area contributed by atoms with Crippen LogP contribution in [0, 0.1) is 17.8 Å². The molecule has 0 unspecified atom stereocenters. The molecule has 10 heteroatoms. The molecule has 0 aromatic heterocycles. The minimum atomic E-state index is -1.59. The molecule has 5 rings (SSSR count). The molecule has 0 bridgehead atoms. The van der Waals surface area contributed by atoms with Crippen LogP contribution in [0.5, 0.6) is 5.75 Å². The Morgan fingerprint density at radius 3 is 2.41 bits per heavy atom. The number of phenolic OH excluding ortho intramolecular Hbond substituents is 1. The van der Waals surface area contributed by atoms with E-state index in [0.717, 1.165) is 16.8 Å². The molecule has 1 amide bonds. The van der Waals surface area contributed by atoms with E-state index >= 15 is 0 Å². The van der Waals surface area contributed by atoms with Gasteiger partial charge in [0.05, 0.1) is 11.6 Å². The monoisotopic (exact) mass is 566 g/mol. The summed E-state index contributed by atoms with van der Waals surface area (Å²) in [5.74, 6) is -2.75. The lowest BCUT2D eigenvalue weighted by atomic mass is 9.57. The van der Waals surface area contributed by atoms with E-state index in [4.69, 9.17) is 10.5 Å². The molecule has 4 aliphatic carbocycles. The standard InChI is InChI=1S/C31H42N4O6/c1-14-22-17(11-20-26(35(5)6)28(38)24(30(32)40)29(39)31(14,20)41-7)10-19-23(27(22)37)21(36)12-18(25(19)34(3)4)13-33-15(2)16-8-9-16/h12,15-17,20,26,33,36,39H,8-11,13H2,1-7H3,(H2,32,40)/t15-,17+,20+,26+,31-/m1/s1. The normalized spacial score (nSPS) is 28.4. The van der Waals surface area contributed by atoms with Gasteiger partial charge in [0.1, 0.15) is 17.1 Å². The van der Waals surface area contributed by atoms with Gasteiger partial charge in [-0.05, 0) is 88.2 Å². The van der Waals surface area contributed by atoms with Gasteiger partial charge in [-0.25, -0.2) is 0 Å². The first-order valence-corrected chi connectivity index (χ1v) is 14.3. The predicted octanol–water partition coefficient (Wildman–Crippen LogP) is 2.23. The number of fused-ring (bicyclic) bond motifs is 3. The number of hydrogen-bond acceptors (Lipinski definition) is 9. The number of hydrogen-bond donors (Lipinski definition) is 4. The van der Waals surface area contributed by atoms with Gasteiger partial charge >= 0.3 is 0 Å². The molecule has 5 atom stereocenters. The molecule has 222 valence electrons. The highest BCUT2D eigenvalue weighted by Gasteiger charge is 2.62. The van der Waals surface area contributed by atoms with Crippen molar-refractivity contribution in [3.63, 3.8) is 0 Å². The summed E-state index contributed by atoms with van der Waals surface area (Å²) in [6.07, 6.45) is 3.27. The Bertz CT molecular complexity index is 1390. The average Bonchev–Trinajstić information content (AvgIpc) is 3.72. The fourth-order valence-electron chi connectivity index (χ4n) is 7.82. The number of likely N-dealkylation sites (N-methyl/N-ethyl adjacent to an activating group) is 1. The fourth-order valence-corrected chi connectivity index (χ4v) is 7.82. The molecule has 5 N–H and O–H groups in total. The minimum absolute atomic E-state index is 0.0820. The third kappa shape index (κ3) is 4.30. The molecule has 1 aromatic carbocycles. The van der Waals surface area contributed by atoms with Crippen molar-refractivity contribution in [2.45, 2.75) is 63.8 Å². The highest BCUT2D eigenvalue weighted by molar-refractivity contribution is 6.22. The number of amides is 1. The van der Waals surface area contributed by atoms with Crippen molar-refractivity contribution in [3.8, 4) is 5.75 Å². The Hall–Kier alpha value is -3.21. The van der Waals surface area contributed by atoms with Crippen LogP contribution in [0.1, 0.15) is 54.6 Å². The van der Waals surface area contributed by atoms with Crippen molar-refractivity contribution >= 4 is 23.2 Å². The molecule has 4 aliphatic rings. The molecule has 10 nitrogen and oxygen atoms in total. The molecular weight excluding hydrogens is 524 g/mol. The number of ether oxygens (including phenoxy) is 1. The van der Waals surface area contributed by atoms with Crippen LogP contribution >= 0.6 is 0 Å². The zero-order chi connectivity index (χ0) is 30.1. The molecular formula is C31H42N4O6. The van der Waals surface area contributed by atoms with Crippen LogP contribution in [-0.2, 0) is 27.3 Å². The van der Waals surface area contributed by atoms with Crippen molar-refractivity contribution in [1.29, 1.82) is 0 Å². The first kappa shape index (κ1) is 29.3. The van der Waals surface area contributed by atoms with Gasteiger partial charge in [-0.3, -0.25) is 19.3 Å². The number of allylic oxidation sites excluding steroid dienone is 1. The molecule has 41 heavy (non-hydrogen) atoms. The van der Waals surface area contributed by atoms with Crippen molar-refractivity contribution in [1.82, 2.24) is 10.2 Å². The Labute approximate surface area is 241 Å². The smallest absolute Gasteiger partial charge is 0.255 e. The van der Waals surface area contributed by atoms with Gasteiger partial charge in [0.25, 0.3) is 5.91 Å². The van der Waals surface area contributed by atoms with Crippen LogP contribution < -0.4 is 16.0 Å². The van der Waals surface area contributed by atoms with Crippen LogP contribution in [0.4, 0.5) is 5.69 Å². The third-order valence-electron chi connectivity index (χ3n) is 9.81. The maximum Gasteiger partial charge on any atom is 0.255 e. The second kappa shape index (κ2) is 10.3. The number of aromatic hydroxyl groups is 1. The van der Waals surface area contributed by atoms with Gasteiger partial charge in [0.15, 0.2) is 17.2 Å². The fraction of sp³-hybridized carbons (Fsp3) is 0.581. The molecule has 0 saturated heterocycles. The first-order valence-electron chi connectivity index (χ1n) is 14.3. The molecule has 0 radical (unpaired) electrons. The number of primary amides is 1. The molecule has 0 heterocycles. The summed E-state index contributed by atoms with van der Waals surface area (Å²) in [6, 6.07) is 1.24. The van der Waals surface area contributed by atoms with Gasteiger partial charge in [-0.2, -0.15) is 0 Å². The van der Waals surface area contributed by atoms with E-state index in [1.54, 1.807) is 32.0 Å². The number of aliphatic hydroxyl groups is 1. The van der Waals surface area contributed by atoms with Gasteiger partial charge in [-0.15, -0.1) is 0 Å². The summed E-state index contributed by atoms with van der Waals surface area (Å²) >= 11 is 0. The van der Waals surface area contributed by atoms with E-state index in [2.05, 4.69) is 12.2 Å². The van der Waals surface area contributed by atoms with E-state index in [9.17, 15) is 24.6 Å². The number of nitrogens with two attached hydrogens (primary N) is 1. The Kier molecular flexibility index (Phi) is 7.33. The zero-order valence-corrected chi connectivity index (χ0v) is 25.0. The van der Waals surface area contributed by atoms with Crippen molar-refractivity contribution in [2.75, 3.05) is 40.2 Å². The number of benzene rings is 1. The number of ketones is 2. The SMILES string of the molecule is CO[C@]12C(C)=C3C(=O)c4c(O)cc(CN[C@H](C)C5CC5)c(N(C)C)c4C[C@H]3C[C@H]1[C@H](N(C)C)C(=O)C(C(N)=O)=C2O. The minimum Gasteiger partial charge on any atom is -0.508 e. The number of rotatable bonds is 8. The van der Waals surface area contributed by atoms with Crippen LogP contribution in [0.2, 0.25) is 0 Å². The maximum absolute atomic E-state index is 14.3. The summed E-state index contributed by atoms with van der Waals surface area (Å²) in [5, 5.41) is 26.3. The molecule has 1 fully saturated rings. The highest BCUT2D eigenvalue weighted by Crippen LogP contribution is 2.56. The number of anilines is 1. The Morgan fingerprint density at radius 1 is 1.22 bits per heavy atom. The number of phenols is 1. The van der Waals surface area contributed by atoms with Crippen molar-refractivity contribution in [2.24, 2.45) is 23.5 Å². The van der Waals surface area contributed by atoms with Crippen LogP contribution in [0.25, 0.3) is 0 Å². The quantitative estimate of drug-likeness (QED) is 0.348. The number of aliphatic hydroxyl groups excluding tert-OH is 1. The van der Waals surface area contributed by atoms with Gasteiger partial charge in [-0.1, -0.05) is 0 Å². The summed E-state index contributed by atoms with van der Waals surface area (Å²) < 4.78 is 6.01. The Morgan fingerprint density at radius 2 is 1.88 bits per heavy atom. The molecule has 1 saturated carbocycles. The van der Waals surface area contributed by atoms with Crippen LogP contribution in [0.15, 0.2) is 28.5 Å². The van der Waals surface area contributed by atoms with Gasteiger partial charge in [0, 0.05) is 51.0 Å². The van der Waals surface area contributed by atoms with E-state index in [0.29, 0.717) is 42.5 Å². The lowest BCUT2D eigenvalue weighted by Crippen LogP contribution is -2.63. The van der Waals surface area contributed by atoms with E-state index < -0.39 is 40.6 Å². The third-order valence-corrected chi connectivity index (χ3v) is 9.81. The number of carbonyl (C=O) groups excluding carboxylic acids is 3. The van der Waals surface area contributed by atoms with Crippen molar-refractivity contribution < 1.29 is 29.3 Å². The summed E-state index contributed by atoms with van der Waals surface area (Å²) in [6.45, 7) is 4.45. The maximum atomic E-state index is 14.3. The Balaban J connectivity index is 1.68. The second-order valence-electron chi connectivity index (χ2n) is 12.6.